The lowest BCUT2D eigenvalue weighted by atomic mass is 9.84. The number of piperidine rings is 1. The highest BCUT2D eigenvalue weighted by Gasteiger charge is 2.22. The molecule has 0 N–H and O–H groups in total. The number of nitrogens with zero attached hydrogens (tertiary/aromatic N) is 2. The van der Waals surface area contributed by atoms with E-state index in [1.807, 2.05) is 25.1 Å². The highest BCUT2D eigenvalue weighted by molar-refractivity contribution is 5.84. The summed E-state index contributed by atoms with van der Waals surface area (Å²) in [7, 11) is 0. The Labute approximate surface area is 138 Å². The van der Waals surface area contributed by atoms with Crippen LogP contribution in [0.25, 0.3) is 11.0 Å². The van der Waals surface area contributed by atoms with Crippen molar-refractivity contribution in [2.24, 2.45) is 11.8 Å². The van der Waals surface area contributed by atoms with E-state index < -0.39 is 0 Å². The van der Waals surface area contributed by atoms with Crippen LogP contribution >= 0.6 is 0 Å². The zero-order valence-electron chi connectivity index (χ0n) is 14.5. The van der Waals surface area contributed by atoms with Gasteiger partial charge in [0.25, 0.3) is 5.88 Å². The molecule has 1 aromatic carbocycles. The molecule has 3 rings (SSSR count). The van der Waals surface area contributed by atoms with E-state index in [0.717, 1.165) is 34.9 Å². The first-order valence-corrected chi connectivity index (χ1v) is 8.89. The molecular weight excluding hydrogens is 288 g/mol. The molecule has 0 spiro atoms. The number of ether oxygens (including phenoxy) is 1. The summed E-state index contributed by atoms with van der Waals surface area (Å²) < 4.78 is 11.3. The van der Waals surface area contributed by atoms with Crippen molar-refractivity contribution in [2.45, 2.75) is 40.0 Å². The van der Waals surface area contributed by atoms with Crippen LogP contribution in [0, 0.1) is 18.8 Å². The van der Waals surface area contributed by atoms with E-state index in [-0.39, 0.29) is 0 Å². The van der Waals surface area contributed by atoms with E-state index in [0.29, 0.717) is 12.5 Å². The lowest BCUT2D eigenvalue weighted by Gasteiger charge is -2.34. The number of fused-ring (bicyclic) bond motifs is 1. The number of para-hydroxylation sites is 1. The molecule has 1 aromatic heterocycles. The molecule has 4 heteroatoms. The van der Waals surface area contributed by atoms with E-state index in [9.17, 15) is 0 Å². The zero-order valence-corrected chi connectivity index (χ0v) is 14.5. The number of aryl methyl sites for hydroxylation is 1. The van der Waals surface area contributed by atoms with Crippen molar-refractivity contribution in [1.82, 2.24) is 10.1 Å². The third-order valence-corrected chi connectivity index (χ3v) is 5.39. The van der Waals surface area contributed by atoms with E-state index >= 15 is 0 Å². The second kappa shape index (κ2) is 7.35. The maximum atomic E-state index is 5.87. The third-order valence-electron chi connectivity index (χ3n) is 5.39. The van der Waals surface area contributed by atoms with Crippen molar-refractivity contribution >= 4 is 11.0 Å². The molecule has 2 aromatic rings. The Kier molecular flexibility index (Phi) is 5.21. The van der Waals surface area contributed by atoms with Crippen LogP contribution in [0.2, 0.25) is 0 Å². The molecule has 1 saturated heterocycles. The van der Waals surface area contributed by atoms with Crippen LogP contribution in [0.5, 0.6) is 5.88 Å². The van der Waals surface area contributed by atoms with Crippen molar-refractivity contribution in [3.8, 4) is 5.88 Å². The van der Waals surface area contributed by atoms with Crippen LogP contribution in [0.1, 0.15) is 38.7 Å². The number of hydrogen-bond acceptors (Lipinski definition) is 4. The Bertz CT molecular complexity index is 629. The molecule has 0 saturated carbocycles. The normalized spacial score (nSPS) is 18.4. The molecule has 4 nitrogen and oxygen atoms in total. The van der Waals surface area contributed by atoms with Crippen LogP contribution < -0.4 is 4.74 Å². The molecule has 23 heavy (non-hydrogen) atoms. The van der Waals surface area contributed by atoms with Crippen molar-refractivity contribution in [2.75, 3.05) is 26.2 Å². The van der Waals surface area contributed by atoms with E-state index in [2.05, 4.69) is 23.9 Å². The first-order valence-electron chi connectivity index (χ1n) is 8.89. The van der Waals surface area contributed by atoms with Gasteiger partial charge in [-0.05, 0) is 61.5 Å². The van der Waals surface area contributed by atoms with Gasteiger partial charge in [-0.15, -0.1) is 0 Å². The van der Waals surface area contributed by atoms with Crippen LogP contribution in [0.15, 0.2) is 22.7 Å². The predicted molar refractivity (Wildman–Crippen MR) is 92.9 cm³/mol. The van der Waals surface area contributed by atoms with Crippen molar-refractivity contribution in [3.05, 3.63) is 23.8 Å². The first-order chi connectivity index (χ1) is 11.2. The summed E-state index contributed by atoms with van der Waals surface area (Å²) in [5.74, 6) is 2.39. The summed E-state index contributed by atoms with van der Waals surface area (Å²) in [4.78, 5) is 2.51. The van der Waals surface area contributed by atoms with E-state index in [4.69, 9.17) is 9.26 Å². The van der Waals surface area contributed by atoms with Gasteiger partial charge in [-0.2, -0.15) is 0 Å². The summed E-state index contributed by atoms with van der Waals surface area (Å²) in [6, 6.07) is 6.05. The zero-order chi connectivity index (χ0) is 16.2. The second-order valence-corrected chi connectivity index (χ2v) is 6.85. The standard InChI is InChI=1S/C19H28N2O2/c1-4-14(2)16-8-10-21(11-9-16)12-13-22-19-17-7-5-6-15(3)18(17)23-20-19/h5-7,14,16H,4,8-13H2,1-3H3. The van der Waals surface area contributed by atoms with Gasteiger partial charge in [0.15, 0.2) is 5.58 Å². The summed E-state index contributed by atoms with van der Waals surface area (Å²) >= 11 is 0. The number of rotatable bonds is 6. The molecule has 2 heterocycles. The average Bonchev–Trinajstić information content (AvgIpc) is 2.99. The molecule has 0 bridgehead atoms. The van der Waals surface area contributed by atoms with Gasteiger partial charge < -0.3 is 9.26 Å². The maximum absolute atomic E-state index is 5.87. The molecular formula is C19H28N2O2. The fourth-order valence-electron chi connectivity index (χ4n) is 3.53. The minimum Gasteiger partial charge on any atom is -0.474 e. The third kappa shape index (κ3) is 3.69. The van der Waals surface area contributed by atoms with E-state index in [1.54, 1.807) is 0 Å². The minimum atomic E-state index is 0.623. The van der Waals surface area contributed by atoms with Gasteiger partial charge in [0.2, 0.25) is 0 Å². The Balaban J connectivity index is 1.47. The SMILES string of the molecule is CCC(C)C1CCN(CCOc2noc3c(C)cccc23)CC1. The molecule has 1 aliphatic rings. The summed E-state index contributed by atoms with van der Waals surface area (Å²) in [5, 5.41) is 5.04. The van der Waals surface area contributed by atoms with Gasteiger partial charge in [0.05, 0.1) is 5.39 Å². The van der Waals surface area contributed by atoms with Crippen LogP contribution in [0.4, 0.5) is 0 Å². The topological polar surface area (TPSA) is 38.5 Å². The van der Waals surface area contributed by atoms with Crippen LogP contribution in [-0.2, 0) is 0 Å². The summed E-state index contributed by atoms with van der Waals surface area (Å²) in [5.41, 5.74) is 1.92. The highest BCUT2D eigenvalue weighted by atomic mass is 16.5. The maximum Gasteiger partial charge on any atom is 0.262 e. The fourth-order valence-corrected chi connectivity index (χ4v) is 3.53. The summed E-state index contributed by atoms with van der Waals surface area (Å²) in [6.07, 6.45) is 3.94. The Morgan fingerprint density at radius 3 is 2.87 bits per heavy atom. The molecule has 0 radical (unpaired) electrons. The summed E-state index contributed by atoms with van der Waals surface area (Å²) in [6.45, 7) is 10.7. The van der Waals surface area contributed by atoms with Gasteiger partial charge in [0, 0.05) is 6.54 Å². The number of likely N-dealkylation sites (tertiary alicyclic amines) is 1. The lowest BCUT2D eigenvalue weighted by Crippen LogP contribution is -2.37. The van der Waals surface area contributed by atoms with Gasteiger partial charge in [-0.3, -0.25) is 4.90 Å². The molecule has 1 aliphatic heterocycles. The quantitative estimate of drug-likeness (QED) is 0.797. The van der Waals surface area contributed by atoms with Gasteiger partial charge in [-0.25, -0.2) is 0 Å². The van der Waals surface area contributed by atoms with Crippen molar-refractivity contribution < 1.29 is 9.26 Å². The largest absolute Gasteiger partial charge is 0.474 e. The second-order valence-electron chi connectivity index (χ2n) is 6.85. The van der Waals surface area contributed by atoms with Gasteiger partial charge >= 0.3 is 0 Å². The van der Waals surface area contributed by atoms with Gasteiger partial charge in [0.1, 0.15) is 6.61 Å². The smallest absolute Gasteiger partial charge is 0.262 e. The lowest BCUT2D eigenvalue weighted by molar-refractivity contribution is 0.129. The molecule has 1 fully saturated rings. The fraction of sp³-hybridized carbons (Fsp3) is 0.632. The van der Waals surface area contributed by atoms with Crippen LogP contribution in [-0.4, -0.2) is 36.3 Å². The Hall–Kier alpha value is -1.55. The monoisotopic (exact) mass is 316 g/mol. The Morgan fingerprint density at radius 2 is 2.13 bits per heavy atom. The molecule has 126 valence electrons. The Morgan fingerprint density at radius 1 is 1.35 bits per heavy atom. The molecule has 1 atom stereocenters. The van der Waals surface area contributed by atoms with E-state index in [1.165, 1.54) is 32.4 Å². The number of benzene rings is 1. The average molecular weight is 316 g/mol. The molecule has 0 amide bonds. The number of aromatic nitrogens is 1. The van der Waals surface area contributed by atoms with Crippen molar-refractivity contribution in [3.63, 3.8) is 0 Å². The first kappa shape index (κ1) is 16.3. The molecule has 0 aliphatic carbocycles. The highest BCUT2D eigenvalue weighted by Crippen LogP contribution is 2.28. The van der Waals surface area contributed by atoms with Crippen LogP contribution in [0.3, 0.4) is 0 Å². The number of hydrogen-bond donors (Lipinski definition) is 0. The minimum absolute atomic E-state index is 0.623. The van der Waals surface area contributed by atoms with Crippen molar-refractivity contribution in [1.29, 1.82) is 0 Å². The predicted octanol–water partition coefficient (Wildman–Crippen LogP) is 4.27. The molecule has 1 unspecified atom stereocenters. The van der Waals surface area contributed by atoms with Gasteiger partial charge in [-0.1, -0.05) is 32.4 Å².